The van der Waals surface area contributed by atoms with Crippen LogP contribution in [0.15, 0.2) is 72.9 Å². The second-order valence-electron chi connectivity index (χ2n) is 6.12. The highest BCUT2D eigenvalue weighted by molar-refractivity contribution is 5.94. The standard InChI is InChI=1S/C21H18F3N3O/c22-21(23,24)17-7-4-8-18(14-17)27-19-13-16(10-12-25-19)20(28)26-11-9-15-5-2-1-3-6-15/h1-8,10,12-14H,9,11H2,(H,25,27)(H,26,28). The molecule has 0 unspecified atom stereocenters. The molecule has 0 saturated heterocycles. The highest BCUT2D eigenvalue weighted by Gasteiger charge is 2.30. The molecule has 0 aliphatic heterocycles. The number of hydrogen-bond acceptors (Lipinski definition) is 3. The minimum absolute atomic E-state index is 0.240. The first-order chi connectivity index (χ1) is 13.4. The minimum Gasteiger partial charge on any atom is -0.352 e. The lowest BCUT2D eigenvalue weighted by Gasteiger charge is -2.11. The molecule has 1 aromatic heterocycles. The van der Waals surface area contributed by atoms with Gasteiger partial charge in [0.2, 0.25) is 0 Å². The average molecular weight is 385 g/mol. The molecule has 144 valence electrons. The zero-order valence-electron chi connectivity index (χ0n) is 14.8. The third-order valence-corrected chi connectivity index (χ3v) is 4.03. The molecular weight excluding hydrogens is 367 g/mol. The van der Waals surface area contributed by atoms with Crippen LogP contribution < -0.4 is 10.6 Å². The molecule has 4 nitrogen and oxygen atoms in total. The fraction of sp³-hybridized carbons (Fsp3) is 0.143. The molecule has 0 bridgehead atoms. The number of anilines is 2. The largest absolute Gasteiger partial charge is 0.416 e. The number of amides is 1. The molecule has 0 aliphatic carbocycles. The highest BCUT2D eigenvalue weighted by Crippen LogP contribution is 2.31. The van der Waals surface area contributed by atoms with Crippen LogP contribution in [-0.2, 0) is 12.6 Å². The van der Waals surface area contributed by atoms with Crippen molar-refractivity contribution in [1.82, 2.24) is 10.3 Å². The van der Waals surface area contributed by atoms with Gasteiger partial charge in [0.25, 0.3) is 5.91 Å². The number of nitrogens with zero attached hydrogens (tertiary/aromatic N) is 1. The highest BCUT2D eigenvalue weighted by atomic mass is 19.4. The molecule has 0 saturated carbocycles. The van der Waals surface area contributed by atoms with Gasteiger partial charge in [0.1, 0.15) is 5.82 Å². The predicted octanol–water partition coefficient (Wildman–Crippen LogP) is 4.82. The maximum absolute atomic E-state index is 12.8. The summed E-state index contributed by atoms with van der Waals surface area (Å²) >= 11 is 0. The Bertz CT molecular complexity index is 943. The molecule has 28 heavy (non-hydrogen) atoms. The van der Waals surface area contributed by atoms with Gasteiger partial charge in [-0.2, -0.15) is 13.2 Å². The number of aromatic nitrogens is 1. The van der Waals surface area contributed by atoms with Crippen LogP contribution in [0.2, 0.25) is 0 Å². The number of halogens is 3. The normalized spacial score (nSPS) is 11.1. The van der Waals surface area contributed by atoms with E-state index in [1.807, 2.05) is 30.3 Å². The summed E-state index contributed by atoms with van der Waals surface area (Å²) in [5.41, 5.74) is 0.971. The summed E-state index contributed by atoms with van der Waals surface area (Å²) in [6.45, 7) is 0.474. The zero-order valence-corrected chi connectivity index (χ0v) is 14.8. The Hall–Kier alpha value is -3.35. The van der Waals surface area contributed by atoms with E-state index in [-0.39, 0.29) is 17.4 Å². The van der Waals surface area contributed by atoms with Crippen molar-refractivity contribution in [3.8, 4) is 0 Å². The Morgan fingerprint density at radius 1 is 0.964 bits per heavy atom. The molecule has 0 aliphatic rings. The number of carbonyl (C=O) groups is 1. The molecule has 3 rings (SSSR count). The van der Waals surface area contributed by atoms with Crippen molar-refractivity contribution < 1.29 is 18.0 Å². The fourth-order valence-corrected chi connectivity index (χ4v) is 2.63. The van der Waals surface area contributed by atoms with Gasteiger partial charge in [0, 0.05) is 24.0 Å². The summed E-state index contributed by atoms with van der Waals surface area (Å²) in [6.07, 6.45) is -2.29. The van der Waals surface area contributed by atoms with Crippen molar-refractivity contribution in [2.45, 2.75) is 12.6 Å². The van der Waals surface area contributed by atoms with E-state index < -0.39 is 11.7 Å². The van der Waals surface area contributed by atoms with E-state index >= 15 is 0 Å². The Morgan fingerprint density at radius 3 is 2.50 bits per heavy atom. The molecule has 1 amide bonds. The average Bonchev–Trinajstić information content (AvgIpc) is 2.68. The number of alkyl halides is 3. The first kappa shape index (κ1) is 19.4. The summed E-state index contributed by atoms with van der Waals surface area (Å²) in [6, 6.07) is 17.6. The van der Waals surface area contributed by atoms with E-state index in [9.17, 15) is 18.0 Å². The van der Waals surface area contributed by atoms with Crippen molar-refractivity contribution in [3.63, 3.8) is 0 Å². The van der Waals surface area contributed by atoms with E-state index in [4.69, 9.17) is 0 Å². The number of rotatable bonds is 6. The molecule has 1 heterocycles. The SMILES string of the molecule is O=C(NCCc1ccccc1)c1ccnc(Nc2cccc(C(F)(F)F)c2)c1. The van der Waals surface area contributed by atoms with E-state index in [0.29, 0.717) is 18.5 Å². The lowest BCUT2D eigenvalue weighted by atomic mass is 10.1. The lowest BCUT2D eigenvalue weighted by molar-refractivity contribution is -0.137. The van der Waals surface area contributed by atoms with Crippen LogP contribution >= 0.6 is 0 Å². The van der Waals surface area contributed by atoms with E-state index in [1.54, 1.807) is 6.07 Å². The minimum atomic E-state index is -4.42. The molecule has 0 spiro atoms. The van der Waals surface area contributed by atoms with Crippen LogP contribution in [0.5, 0.6) is 0 Å². The third kappa shape index (κ3) is 5.33. The molecule has 2 aromatic carbocycles. The van der Waals surface area contributed by atoms with Gasteiger partial charge < -0.3 is 10.6 Å². The molecular formula is C21H18F3N3O. The maximum Gasteiger partial charge on any atom is 0.416 e. The van der Waals surface area contributed by atoms with Crippen LogP contribution in [0.1, 0.15) is 21.5 Å². The number of nitrogens with one attached hydrogen (secondary N) is 2. The quantitative estimate of drug-likeness (QED) is 0.640. The van der Waals surface area contributed by atoms with Crippen LogP contribution in [0.25, 0.3) is 0 Å². The van der Waals surface area contributed by atoms with E-state index in [1.165, 1.54) is 24.4 Å². The van der Waals surface area contributed by atoms with Crippen LogP contribution in [0.4, 0.5) is 24.7 Å². The van der Waals surface area contributed by atoms with Crippen molar-refractivity contribution >= 4 is 17.4 Å². The van der Waals surface area contributed by atoms with Gasteiger partial charge in [-0.25, -0.2) is 4.98 Å². The molecule has 2 N–H and O–H groups in total. The van der Waals surface area contributed by atoms with Crippen molar-refractivity contribution in [2.75, 3.05) is 11.9 Å². The van der Waals surface area contributed by atoms with E-state index in [2.05, 4.69) is 15.6 Å². The topological polar surface area (TPSA) is 54.0 Å². The van der Waals surface area contributed by atoms with Gasteiger partial charge in [-0.3, -0.25) is 4.79 Å². The predicted molar refractivity (Wildman–Crippen MR) is 101 cm³/mol. The monoisotopic (exact) mass is 385 g/mol. The van der Waals surface area contributed by atoms with Gasteiger partial charge in [-0.1, -0.05) is 36.4 Å². The number of benzene rings is 2. The van der Waals surface area contributed by atoms with Crippen molar-refractivity contribution in [2.24, 2.45) is 0 Å². The van der Waals surface area contributed by atoms with E-state index in [0.717, 1.165) is 17.7 Å². The smallest absolute Gasteiger partial charge is 0.352 e. The van der Waals surface area contributed by atoms with Gasteiger partial charge in [0.05, 0.1) is 5.56 Å². The summed E-state index contributed by atoms with van der Waals surface area (Å²) in [5.74, 6) is 0.0143. The lowest BCUT2D eigenvalue weighted by Crippen LogP contribution is -2.25. The maximum atomic E-state index is 12.8. The summed E-state index contributed by atoms with van der Waals surface area (Å²) in [4.78, 5) is 16.4. The Morgan fingerprint density at radius 2 is 1.75 bits per heavy atom. The Balaban J connectivity index is 1.63. The fourth-order valence-electron chi connectivity index (χ4n) is 2.63. The second-order valence-corrected chi connectivity index (χ2v) is 6.12. The van der Waals surface area contributed by atoms with Gasteiger partial charge in [0.15, 0.2) is 0 Å². The van der Waals surface area contributed by atoms with Gasteiger partial charge >= 0.3 is 6.18 Å². The van der Waals surface area contributed by atoms with Crippen molar-refractivity contribution in [3.05, 3.63) is 89.6 Å². The number of pyridine rings is 1. The molecule has 0 radical (unpaired) electrons. The summed E-state index contributed by atoms with van der Waals surface area (Å²) in [5, 5.41) is 5.63. The molecule has 3 aromatic rings. The third-order valence-electron chi connectivity index (χ3n) is 4.03. The zero-order chi connectivity index (χ0) is 20.0. The number of hydrogen-bond donors (Lipinski definition) is 2. The number of carbonyl (C=O) groups excluding carboxylic acids is 1. The van der Waals surface area contributed by atoms with Crippen LogP contribution in [0.3, 0.4) is 0 Å². The molecule has 0 atom stereocenters. The Kier molecular flexibility index (Phi) is 5.93. The first-order valence-corrected chi connectivity index (χ1v) is 8.64. The Labute approximate surface area is 160 Å². The molecule has 0 fully saturated rings. The van der Waals surface area contributed by atoms with Gasteiger partial charge in [-0.15, -0.1) is 0 Å². The first-order valence-electron chi connectivity index (χ1n) is 8.64. The van der Waals surface area contributed by atoms with Gasteiger partial charge in [-0.05, 0) is 42.3 Å². The van der Waals surface area contributed by atoms with Crippen LogP contribution in [-0.4, -0.2) is 17.4 Å². The van der Waals surface area contributed by atoms with Crippen LogP contribution in [0, 0.1) is 0 Å². The van der Waals surface area contributed by atoms with Crippen molar-refractivity contribution in [1.29, 1.82) is 0 Å². The summed E-state index contributed by atoms with van der Waals surface area (Å²) < 4.78 is 38.5. The summed E-state index contributed by atoms with van der Waals surface area (Å²) in [7, 11) is 0. The molecule has 7 heteroatoms. The second kappa shape index (κ2) is 8.56.